The van der Waals surface area contributed by atoms with Crippen LogP contribution in [0.1, 0.15) is 43.2 Å². The lowest BCUT2D eigenvalue weighted by molar-refractivity contribution is -0.116. The van der Waals surface area contributed by atoms with Gasteiger partial charge in [-0.2, -0.15) is 0 Å². The number of urea groups is 1. The highest BCUT2D eigenvalue weighted by Crippen LogP contribution is 2.29. The molecule has 2 fully saturated rings. The number of piperidine rings is 1. The van der Waals surface area contributed by atoms with Crippen LogP contribution in [0.4, 0.5) is 10.5 Å². The van der Waals surface area contributed by atoms with Crippen molar-refractivity contribution in [3.05, 3.63) is 64.7 Å². The first kappa shape index (κ1) is 23.6. The molecule has 2 N–H and O–H groups in total. The molecule has 2 aromatic carbocycles. The van der Waals surface area contributed by atoms with Crippen molar-refractivity contribution in [2.45, 2.75) is 44.7 Å². The molecule has 176 valence electrons. The van der Waals surface area contributed by atoms with Crippen LogP contribution in [0.25, 0.3) is 0 Å². The Balaban J connectivity index is 1.20. The summed E-state index contributed by atoms with van der Waals surface area (Å²) in [6, 6.07) is 16.8. The minimum atomic E-state index is 0.00700. The molecule has 2 aromatic rings. The SMILES string of the molecule is CC(=O)CNC1CCN(c2ccc(CNC(=O)N3CCC(c4ccc(Cl)cc4)CC3)cc2)C1. The number of halogens is 1. The van der Waals surface area contributed by atoms with Crippen LogP contribution in [0, 0.1) is 0 Å². The summed E-state index contributed by atoms with van der Waals surface area (Å²) in [6.45, 7) is 6.01. The fourth-order valence-electron chi connectivity index (χ4n) is 4.71. The Morgan fingerprint density at radius 1 is 0.970 bits per heavy atom. The summed E-state index contributed by atoms with van der Waals surface area (Å²) in [4.78, 5) is 28.1. The molecule has 0 radical (unpaired) electrons. The number of nitrogens with zero attached hydrogens (tertiary/aromatic N) is 2. The summed E-state index contributed by atoms with van der Waals surface area (Å²) in [7, 11) is 0. The van der Waals surface area contributed by atoms with Gasteiger partial charge in [0.2, 0.25) is 0 Å². The van der Waals surface area contributed by atoms with Crippen LogP contribution in [-0.2, 0) is 11.3 Å². The van der Waals surface area contributed by atoms with Gasteiger partial charge in [-0.15, -0.1) is 0 Å². The van der Waals surface area contributed by atoms with Gasteiger partial charge in [-0.3, -0.25) is 4.79 Å². The lowest BCUT2D eigenvalue weighted by atomic mass is 9.89. The second-order valence-corrected chi connectivity index (χ2v) is 9.59. The Morgan fingerprint density at radius 2 is 1.67 bits per heavy atom. The predicted octanol–water partition coefficient (Wildman–Crippen LogP) is 4.19. The van der Waals surface area contributed by atoms with Crippen molar-refractivity contribution in [2.75, 3.05) is 37.6 Å². The van der Waals surface area contributed by atoms with E-state index in [2.05, 4.69) is 51.9 Å². The lowest BCUT2D eigenvalue weighted by Crippen LogP contribution is -2.43. The minimum absolute atomic E-state index is 0.00700. The number of carbonyl (C=O) groups excluding carboxylic acids is 2. The molecule has 7 heteroatoms. The largest absolute Gasteiger partial charge is 0.370 e. The van der Waals surface area contributed by atoms with E-state index in [1.807, 2.05) is 17.0 Å². The van der Waals surface area contributed by atoms with Crippen LogP contribution >= 0.6 is 11.6 Å². The Bertz CT molecular complexity index is 940. The number of anilines is 1. The van der Waals surface area contributed by atoms with Crippen LogP contribution < -0.4 is 15.5 Å². The van der Waals surface area contributed by atoms with Crippen LogP contribution in [0.3, 0.4) is 0 Å². The Labute approximate surface area is 201 Å². The molecule has 0 saturated carbocycles. The number of benzene rings is 2. The highest BCUT2D eigenvalue weighted by molar-refractivity contribution is 6.30. The number of rotatable bonds is 7. The van der Waals surface area contributed by atoms with Crippen LogP contribution in [0.15, 0.2) is 48.5 Å². The van der Waals surface area contributed by atoms with Gasteiger partial charge in [0.15, 0.2) is 0 Å². The number of hydrogen-bond acceptors (Lipinski definition) is 4. The first-order chi connectivity index (χ1) is 16.0. The van der Waals surface area contributed by atoms with E-state index in [0.29, 0.717) is 25.0 Å². The van der Waals surface area contributed by atoms with Gasteiger partial charge in [-0.25, -0.2) is 4.79 Å². The molecular formula is C26H33ClN4O2. The zero-order chi connectivity index (χ0) is 23.2. The summed E-state index contributed by atoms with van der Waals surface area (Å²) in [5.41, 5.74) is 3.58. The first-order valence-electron chi connectivity index (χ1n) is 11.8. The van der Waals surface area contributed by atoms with E-state index in [-0.39, 0.29) is 11.8 Å². The van der Waals surface area contributed by atoms with Crippen molar-refractivity contribution >= 4 is 29.1 Å². The van der Waals surface area contributed by atoms with Crippen molar-refractivity contribution < 1.29 is 9.59 Å². The maximum atomic E-state index is 12.6. The number of carbonyl (C=O) groups is 2. The third kappa shape index (κ3) is 6.49. The van der Waals surface area contributed by atoms with E-state index in [4.69, 9.17) is 11.6 Å². The van der Waals surface area contributed by atoms with Gasteiger partial charge in [0, 0.05) is 49.5 Å². The molecule has 2 amide bonds. The molecule has 2 saturated heterocycles. The molecule has 2 heterocycles. The predicted molar refractivity (Wildman–Crippen MR) is 133 cm³/mol. The van der Waals surface area contributed by atoms with E-state index in [9.17, 15) is 9.59 Å². The molecule has 0 aliphatic carbocycles. The topological polar surface area (TPSA) is 64.7 Å². The van der Waals surface area contributed by atoms with E-state index in [1.54, 1.807) is 6.92 Å². The number of Topliss-reactive ketones (excluding diaryl/α,β-unsaturated/α-hetero) is 1. The summed E-state index contributed by atoms with van der Waals surface area (Å²) < 4.78 is 0. The molecule has 4 rings (SSSR count). The molecule has 0 spiro atoms. The molecule has 33 heavy (non-hydrogen) atoms. The maximum absolute atomic E-state index is 12.6. The van der Waals surface area contributed by atoms with Crippen LogP contribution in [-0.4, -0.2) is 55.5 Å². The Morgan fingerprint density at radius 3 is 2.33 bits per heavy atom. The number of amides is 2. The number of nitrogens with one attached hydrogen (secondary N) is 2. The number of ketones is 1. The normalized spacial score (nSPS) is 19.0. The second-order valence-electron chi connectivity index (χ2n) is 9.15. The fourth-order valence-corrected chi connectivity index (χ4v) is 4.84. The van der Waals surface area contributed by atoms with Gasteiger partial charge in [0.25, 0.3) is 0 Å². The van der Waals surface area contributed by atoms with E-state index in [1.165, 1.54) is 11.3 Å². The standard InChI is InChI=1S/C26H33ClN4O2/c1-19(32)16-28-24-12-15-31(18-24)25-8-2-20(3-9-25)17-29-26(33)30-13-10-22(11-14-30)21-4-6-23(27)7-5-21/h2-9,22,24,28H,10-18H2,1H3,(H,29,33). The summed E-state index contributed by atoms with van der Waals surface area (Å²) in [5, 5.41) is 7.15. The molecule has 0 bridgehead atoms. The van der Waals surface area contributed by atoms with Crippen molar-refractivity contribution in [2.24, 2.45) is 0 Å². The van der Waals surface area contributed by atoms with Crippen molar-refractivity contribution in [3.63, 3.8) is 0 Å². The fraction of sp³-hybridized carbons (Fsp3) is 0.462. The smallest absolute Gasteiger partial charge is 0.317 e. The third-order valence-electron chi connectivity index (χ3n) is 6.70. The highest BCUT2D eigenvalue weighted by Gasteiger charge is 2.24. The molecular weight excluding hydrogens is 436 g/mol. The van der Waals surface area contributed by atoms with Crippen molar-refractivity contribution in [1.82, 2.24) is 15.5 Å². The highest BCUT2D eigenvalue weighted by atomic mass is 35.5. The molecule has 6 nitrogen and oxygen atoms in total. The molecule has 1 atom stereocenters. The minimum Gasteiger partial charge on any atom is -0.370 e. The number of hydrogen-bond donors (Lipinski definition) is 2. The average Bonchev–Trinajstić information content (AvgIpc) is 3.31. The quantitative estimate of drug-likeness (QED) is 0.639. The van der Waals surface area contributed by atoms with Crippen LogP contribution in [0.2, 0.25) is 5.02 Å². The Kier molecular flexibility index (Phi) is 7.89. The van der Waals surface area contributed by atoms with E-state index < -0.39 is 0 Å². The van der Waals surface area contributed by atoms with Crippen molar-refractivity contribution in [3.8, 4) is 0 Å². The van der Waals surface area contributed by atoms with E-state index >= 15 is 0 Å². The molecule has 2 aliphatic heterocycles. The maximum Gasteiger partial charge on any atom is 0.317 e. The van der Waals surface area contributed by atoms with Gasteiger partial charge in [-0.1, -0.05) is 35.9 Å². The zero-order valence-corrected chi connectivity index (χ0v) is 20.0. The van der Waals surface area contributed by atoms with Gasteiger partial charge in [-0.05, 0) is 67.5 Å². The van der Waals surface area contributed by atoms with Crippen LogP contribution in [0.5, 0.6) is 0 Å². The van der Waals surface area contributed by atoms with Gasteiger partial charge >= 0.3 is 6.03 Å². The summed E-state index contributed by atoms with van der Waals surface area (Å²) in [6.07, 6.45) is 2.99. The van der Waals surface area contributed by atoms with Gasteiger partial charge < -0.3 is 20.4 Å². The van der Waals surface area contributed by atoms with E-state index in [0.717, 1.165) is 56.0 Å². The van der Waals surface area contributed by atoms with Gasteiger partial charge in [0.1, 0.15) is 5.78 Å². The zero-order valence-electron chi connectivity index (χ0n) is 19.2. The molecule has 2 aliphatic rings. The summed E-state index contributed by atoms with van der Waals surface area (Å²) >= 11 is 5.99. The van der Waals surface area contributed by atoms with Crippen molar-refractivity contribution in [1.29, 1.82) is 0 Å². The molecule has 1 unspecified atom stereocenters. The monoisotopic (exact) mass is 468 g/mol. The summed E-state index contributed by atoms with van der Waals surface area (Å²) in [5.74, 6) is 0.660. The van der Waals surface area contributed by atoms with Gasteiger partial charge in [0.05, 0.1) is 6.54 Å². The lowest BCUT2D eigenvalue weighted by Gasteiger charge is -2.32. The first-order valence-corrected chi connectivity index (χ1v) is 12.2. The third-order valence-corrected chi connectivity index (χ3v) is 6.95. The second kappa shape index (κ2) is 11.0. The number of likely N-dealkylation sites (tertiary alicyclic amines) is 1. The average molecular weight is 469 g/mol. The Hall–Kier alpha value is -2.57. The molecule has 0 aromatic heterocycles.